The maximum atomic E-state index is 12.8. The number of anilines is 2. The Balaban J connectivity index is 0.00000337. The van der Waals surface area contributed by atoms with Crippen molar-refractivity contribution in [2.24, 2.45) is 20.5 Å². The summed E-state index contributed by atoms with van der Waals surface area (Å²) in [5.41, 5.74) is 2.08. The molecule has 0 bridgehead atoms. The third-order valence-electron chi connectivity index (χ3n) is 5.59. The number of azo groups is 2. The fraction of sp³-hybridized carbons (Fsp3) is 0.0690. The molecule has 0 aliphatic rings. The molecule has 0 saturated carbocycles. The van der Waals surface area contributed by atoms with Gasteiger partial charge in [0.2, 0.25) is 0 Å². The molecule has 0 saturated heterocycles. The number of carbonyl (C=O) groups excluding carboxylic acids is 3. The molecule has 0 aliphatic carbocycles. The number of benzene rings is 4. The molecule has 0 heterocycles. The molecule has 4 aromatic rings. The summed E-state index contributed by atoms with van der Waals surface area (Å²) < 4.78 is 10.7. The minimum atomic E-state index is -1.32. The molecule has 2 N–H and O–H groups in total. The summed E-state index contributed by atoms with van der Waals surface area (Å²) in [6, 6.07) is 20.5. The van der Waals surface area contributed by atoms with Gasteiger partial charge in [0.15, 0.2) is 0 Å². The smallest absolute Gasteiger partial charge is 0.545 e. The average molecular weight is 613 g/mol. The van der Waals surface area contributed by atoms with Crippen LogP contribution < -0.4 is 89.4 Å². The normalized spacial score (nSPS) is 10.4. The first-order valence-electron chi connectivity index (χ1n) is 12.2. The molecule has 4 aromatic carbocycles. The van der Waals surface area contributed by atoms with Gasteiger partial charge in [0.1, 0.15) is 11.5 Å². The Morgan fingerprint density at radius 1 is 0.568 bits per heavy atom. The predicted octanol–water partition coefficient (Wildman–Crippen LogP) is -1.09. The van der Waals surface area contributed by atoms with Crippen molar-refractivity contribution in [3.8, 4) is 11.5 Å². The van der Waals surface area contributed by atoms with Crippen LogP contribution in [0.25, 0.3) is 0 Å². The van der Waals surface area contributed by atoms with Gasteiger partial charge in [-0.15, -0.1) is 0 Å². The molecule has 0 spiro atoms. The van der Waals surface area contributed by atoms with E-state index in [4.69, 9.17) is 9.47 Å². The van der Waals surface area contributed by atoms with Crippen LogP contribution in [0.1, 0.15) is 20.7 Å². The maximum Gasteiger partial charge on any atom is 1.00 e. The minimum Gasteiger partial charge on any atom is -0.545 e. The van der Waals surface area contributed by atoms with E-state index >= 15 is 0 Å². The van der Waals surface area contributed by atoms with Crippen molar-refractivity contribution >= 4 is 52.1 Å². The molecule has 44 heavy (non-hydrogen) atoms. The SMILES string of the molecule is COc1cc(N=Nc2cccc(C(=O)[O-])c2)ccc1NC(=O)Nc1ccc(N=Nc2cccc(C(=O)[O-])c2)cc1OC.[Na+].[Na+]. The molecule has 212 valence electrons. The molecule has 15 heteroatoms. The van der Waals surface area contributed by atoms with Crippen LogP contribution in [0.15, 0.2) is 105 Å². The van der Waals surface area contributed by atoms with Crippen LogP contribution in [0.2, 0.25) is 0 Å². The standard InChI is InChI=1S/C29H24N6O7.2Na/c1-41-25-15-21(34-32-19-7-3-5-17(13-19)27(36)37)9-11-23(25)30-29(40)31-24-12-10-22(16-26(24)42-2)35-33-20-8-4-6-18(14-20)28(38)39;;/h3-16H,1-2H3,(H,36,37)(H,38,39)(H2,30,31,40);;/q;2*+1/p-2. The van der Waals surface area contributed by atoms with E-state index in [-0.39, 0.29) is 70.2 Å². The van der Waals surface area contributed by atoms with Gasteiger partial charge in [-0.25, -0.2) is 4.79 Å². The summed E-state index contributed by atoms with van der Waals surface area (Å²) in [6.45, 7) is 0. The Hall–Kier alpha value is -4.11. The quantitative estimate of drug-likeness (QED) is 0.168. The van der Waals surface area contributed by atoms with E-state index in [1.165, 1.54) is 50.6 Å². The van der Waals surface area contributed by atoms with Gasteiger partial charge in [-0.05, 0) is 59.7 Å². The summed E-state index contributed by atoms with van der Waals surface area (Å²) in [7, 11) is 2.85. The first kappa shape index (κ1) is 36.1. The Morgan fingerprint density at radius 2 is 0.932 bits per heavy atom. The Labute approximate surface area is 296 Å². The van der Waals surface area contributed by atoms with E-state index in [2.05, 4.69) is 31.1 Å². The van der Waals surface area contributed by atoms with Gasteiger partial charge in [0.25, 0.3) is 0 Å². The Morgan fingerprint density at radius 3 is 1.27 bits per heavy atom. The number of amides is 2. The van der Waals surface area contributed by atoms with Crippen molar-refractivity contribution in [3.05, 3.63) is 96.1 Å². The summed E-state index contributed by atoms with van der Waals surface area (Å²) in [5.74, 6) is -2.04. The summed E-state index contributed by atoms with van der Waals surface area (Å²) in [5, 5.41) is 43.7. The van der Waals surface area contributed by atoms with E-state index < -0.39 is 18.0 Å². The number of carboxylic acid groups (broad SMARTS) is 2. The van der Waals surface area contributed by atoms with Crippen LogP contribution in [-0.2, 0) is 0 Å². The number of nitrogens with one attached hydrogen (secondary N) is 2. The molecule has 0 radical (unpaired) electrons. The zero-order chi connectivity index (χ0) is 30.1. The number of nitrogens with zero attached hydrogens (tertiary/aromatic N) is 4. The number of hydrogen-bond acceptors (Lipinski definition) is 11. The van der Waals surface area contributed by atoms with Gasteiger partial charge in [0.05, 0.1) is 60.3 Å². The first-order valence-corrected chi connectivity index (χ1v) is 12.2. The van der Waals surface area contributed by atoms with Gasteiger partial charge in [-0.3, -0.25) is 0 Å². The van der Waals surface area contributed by atoms with Crippen LogP contribution in [0.4, 0.5) is 38.9 Å². The number of rotatable bonds is 10. The van der Waals surface area contributed by atoms with Gasteiger partial charge < -0.3 is 39.9 Å². The van der Waals surface area contributed by atoms with Crippen molar-refractivity contribution in [1.82, 2.24) is 0 Å². The van der Waals surface area contributed by atoms with Crippen LogP contribution >= 0.6 is 0 Å². The topological polar surface area (TPSA) is 189 Å². The summed E-state index contributed by atoms with van der Waals surface area (Å²) >= 11 is 0. The minimum absolute atomic E-state index is 0. The first-order chi connectivity index (χ1) is 20.2. The average Bonchev–Trinajstić information content (AvgIpc) is 3.00. The third kappa shape index (κ3) is 9.98. The van der Waals surface area contributed by atoms with Gasteiger partial charge in [-0.1, -0.05) is 24.3 Å². The molecule has 0 unspecified atom stereocenters. The van der Waals surface area contributed by atoms with Crippen molar-refractivity contribution < 1.29 is 93.2 Å². The molecule has 0 fully saturated rings. The van der Waals surface area contributed by atoms with Gasteiger partial charge in [-0.2, -0.15) is 20.5 Å². The van der Waals surface area contributed by atoms with Crippen LogP contribution in [-0.4, -0.2) is 32.2 Å². The van der Waals surface area contributed by atoms with E-state index in [1.54, 1.807) is 48.5 Å². The fourth-order valence-electron chi connectivity index (χ4n) is 3.59. The monoisotopic (exact) mass is 612 g/mol. The molecule has 4 rings (SSSR count). The second kappa shape index (κ2) is 17.3. The number of carbonyl (C=O) groups is 3. The molecular formula is C29H22N6Na2O7. The largest absolute Gasteiger partial charge is 1.00 e. The van der Waals surface area contributed by atoms with E-state index in [0.717, 1.165) is 0 Å². The predicted molar refractivity (Wildman–Crippen MR) is 149 cm³/mol. The van der Waals surface area contributed by atoms with Crippen LogP contribution in [0, 0.1) is 0 Å². The number of hydrogen-bond donors (Lipinski definition) is 2. The molecule has 13 nitrogen and oxygen atoms in total. The molecule has 0 atom stereocenters. The van der Waals surface area contributed by atoms with E-state index in [9.17, 15) is 24.6 Å². The number of carboxylic acids is 2. The van der Waals surface area contributed by atoms with Gasteiger partial charge >= 0.3 is 65.1 Å². The third-order valence-corrected chi connectivity index (χ3v) is 5.59. The number of aromatic carboxylic acids is 2. The van der Waals surface area contributed by atoms with Crippen LogP contribution in [0.3, 0.4) is 0 Å². The second-order valence-corrected chi connectivity index (χ2v) is 8.42. The second-order valence-electron chi connectivity index (χ2n) is 8.42. The van der Waals surface area contributed by atoms with Crippen molar-refractivity contribution in [3.63, 3.8) is 0 Å². The fourth-order valence-corrected chi connectivity index (χ4v) is 3.59. The van der Waals surface area contributed by atoms with E-state index in [0.29, 0.717) is 45.6 Å². The van der Waals surface area contributed by atoms with Crippen LogP contribution in [0.5, 0.6) is 11.5 Å². The molecular weight excluding hydrogens is 590 g/mol. The number of methoxy groups -OCH3 is 2. The number of ether oxygens (including phenoxy) is 2. The Kier molecular flexibility index (Phi) is 14.1. The van der Waals surface area contributed by atoms with Crippen molar-refractivity contribution in [1.29, 1.82) is 0 Å². The summed E-state index contributed by atoms with van der Waals surface area (Å²) in [6.07, 6.45) is 0. The van der Waals surface area contributed by atoms with E-state index in [1.807, 2.05) is 0 Å². The maximum absolute atomic E-state index is 12.8. The van der Waals surface area contributed by atoms with Crippen molar-refractivity contribution in [2.75, 3.05) is 24.9 Å². The number of urea groups is 1. The van der Waals surface area contributed by atoms with Gasteiger partial charge in [0, 0.05) is 12.1 Å². The molecule has 0 aromatic heterocycles. The molecule has 0 aliphatic heterocycles. The zero-order valence-corrected chi connectivity index (χ0v) is 28.2. The van der Waals surface area contributed by atoms with Crippen molar-refractivity contribution in [2.45, 2.75) is 0 Å². The summed E-state index contributed by atoms with van der Waals surface area (Å²) in [4.78, 5) is 34.8. The Bertz CT molecular complexity index is 1590. The zero-order valence-electron chi connectivity index (χ0n) is 24.2. The molecule has 2 amide bonds.